The van der Waals surface area contributed by atoms with Gasteiger partial charge in [0.25, 0.3) is 5.24 Å². The second kappa shape index (κ2) is 9.51. The van der Waals surface area contributed by atoms with E-state index in [-0.39, 0.29) is 16.4 Å². The fraction of sp³-hybridized carbons (Fsp3) is 0.296. The van der Waals surface area contributed by atoms with Crippen molar-refractivity contribution in [2.75, 3.05) is 6.61 Å². The molecule has 35 heavy (non-hydrogen) atoms. The molecule has 6 nitrogen and oxygen atoms in total. The van der Waals surface area contributed by atoms with Gasteiger partial charge < -0.3 is 9.15 Å². The number of carbonyl (C=O) groups is 2. The highest BCUT2D eigenvalue weighted by Crippen LogP contribution is 2.35. The molecule has 0 saturated carbocycles. The zero-order chi connectivity index (χ0) is 24.7. The number of hydrogen-bond donors (Lipinski definition) is 1. The topological polar surface area (TPSA) is 81.4 Å². The second-order valence-corrected chi connectivity index (χ2v) is 10.9. The number of aryl methyl sites for hydroxylation is 3. The lowest BCUT2D eigenvalue weighted by atomic mass is 10.0. The summed E-state index contributed by atoms with van der Waals surface area (Å²) in [5, 5.41) is 4.74. The number of hydrogen-bond acceptors (Lipinski definition) is 7. The van der Waals surface area contributed by atoms with Gasteiger partial charge in [0, 0.05) is 22.1 Å². The van der Waals surface area contributed by atoms with Crippen molar-refractivity contribution < 1.29 is 18.7 Å². The number of carbonyl (C=O) groups excluding carboxylic acids is 2. The maximum Gasteiger partial charge on any atom is 0.286 e. The number of thioether (sulfide) groups is 1. The van der Waals surface area contributed by atoms with Crippen LogP contribution in [0.2, 0.25) is 0 Å². The van der Waals surface area contributed by atoms with E-state index in [2.05, 4.69) is 38.2 Å². The molecule has 4 aromatic rings. The maximum atomic E-state index is 12.0. The van der Waals surface area contributed by atoms with Crippen molar-refractivity contribution in [3.63, 3.8) is 0 Å². The first-order chi connectivity index (χ1) is 16.8. The van der Waals surface area contributed by atoms with Gasteiger partial charge in [0.15, 0.2) is 0 Å². The summed E-state index contributed by atoms with van der Waals surface area (Å²) in [5.41, 5.74) is 6.67. The van der Waals surface area contributed by atoms with Gasteiger partial charge in [-0.25, -0.2) is 4.98 Å². The van der Waals surface area contributed by atoms with Crippen molar-refractivity contribution in [1.82, 2.24) is 10.3 Å². The molecule has 8 heteroatoms. The summed E-state index contributed by atoms with van der Waals surface area (Å²) in [6, 6.07) is 10.2. The molecule has 0 bridgehead atoms. The summed E-state index contributed by atoms with van der Waals surface area (Å²) in [5.74, 6) is 2.03. The van der Waals surface area contributed by atoms with E-state index >= 15 is 0 Å². The molecule has 5 rings (SSSR count). The third-order valence-electron chi connectivity index (χ3n) is 6.49. The highest BCUT2D eigenvalue weighted by Gasteiger charge is 2.32. The third kappa shape index (κ3) is 4.73. The number of imide groups is 1. The molecule has 2 amide bonds. The Morgan fingerprint density at radius 2 is 1.86 bits per heavy atom. The minimum absolute atomic E-state index is 0.219. The van der Waals surface area contributed by atoms with E-state index in [1.165, 1.54) is 16.7 Å². The van der Waals surface area contributed by atoms with Gasteiger partial charge in [-0.2, -0.15) is 0 Å². The van der Waals surface area contributed by atoms with E-state index in [0.717, 1.165) is 50.2 Å². The van der Waals surface area contributed by atoms with Crippen LogP contribution in [0.5, 0.6) is 5.75 Å². The molecule has 2 aromatic carbocycles. The Morgan fingerprint density at radius 1 is 1.09 bits per heavy atom. The van der Waals surface area contributed by atoms with Crippen LogP contribution in [0.3, 0.4) is 0 Å². The molecule has 1 saturated heterocycles. The van der Waals surface area contributed by atoms with Crippen LogP contribution in [0.15, 0.2) is 40.1 Å². The van der Waals surface area contributed by atoms with Gasteiger partial charge in [-0.15, -0.1) is 11.3 Å². The molecule has 1 unspecified atom stereocenters. The molecule has 1 aliphatic heterocycles. The second-order valence-electron chi connectivity index (χ2n) is 8.83. The fourth-order valence-corrected chi connectivity index (χ4v) is 6.09. The number of aromatic nitrogens is 1. The van der Waals surface area contributed by atoms with E-state index in [0.29, 0.717) is 25.3 Å². The van der Waals surface area contributed by atoms with Crippen molar-refractivity contribution in [2.24, 2.45) is 0 Å². The van der Waals surface area contributed by atoms with Crippen LogP contribution in [-0.2, 0) is 17.6 Å². The summed E-state index contributed by atoms with van der Waals surface area (Å²) in [6.45, 7) is 8.74. The summed E-state index contributed by atoms with van der Waals surface area (Å²) in [6.07, 6.45) is 1.14. The van der Waals surface area contributed by atoms with Crippen molar-refractivity contribution >= 4 is 44.3 Å². The fourth-order valence-electron chi connectivity index (χ4n) is 4.31. The molecular formula is C27H26N2O4S2. The zero-order valence-corrected chi connectivity index (χ0v) is 21.7. The van der Waals surface area contributed by atoms with Gasteiger partial charge in [0.1, 0.15) is 11.5 Å². The average Bonchev–Trinajstić information content (AvgIpc) is 3.52. The van der Waals surface area contributed by atoms with E-state index < -0.39 is 0 Å². The normalized spacial score (nSPS) is 15.7. The highest BCUT2D eigenvalue weighted by atomic mass is 32.2. The van der Waals surface area contributed by atoms with Gasteiger partial charge in [-0.1, -0.05) is 17.8 Å². The Hall–Kier alpha value is -3.10. The average molecular weight is 507 g/mol. The Kier molecular flexibility index (Phi) is 6.42. The van der Waals surface area contributed by atoms with E-state index in [4.69, 9.17) is 14.1 Å². The van der Waals surface area contributed by atoms with Crippen LogP contribution in [0.4, 0.5) is 4.79 Å². The summed E-state index contributed by atoms with van der Waals surface area (Å²) in [4.78, 5) is 28.2. The van der Waals surface area contributed by atoms with Crippen LogP contribution in [0.1, 0.15) is 33.7 Å². The number of thiophene rings is 1. The number of nitrogens with zero attached hydrogens (tertiary/aromatic N) is 1. The Balaban J connectivity index is 1.28. The van der Waals surface area contributed by atoms with Gasteiger partial charge in [0.2, 0.25) is 11.8 Å². The number of fused-ring (bicyclic) bond motifs is 1. The van der Waals surface area contributed by atoms with Gasteiger partial charge in [-0.05, 0) is 86.0 Å². The van der Waals surface area contributed by atoms with Crippen molar-refractivity contribution in [1.29, 1.82) is 0 Å². The molecule has 1 fully saturated rings. The predicted octanol–water partition coefficient (Wildman–Crippen LogP) is 6.31. The van der Waals surface area contributed by atoms with Gasteiger partial charge >= 0.3 is 0 Å². The Labute approximate surface area is 212 Å². The molecule has 0 aliphatic carbocycles. The molecule has 0 spiro atoms. The minimum atomic E-state index is -0.384. The first kappa shape index (κ1) is 23.6. The van der Waals surface area contributed by atoms with E-state index in [1.807, 2.05) is 30.5 Å². The molecule has 1 aliphatic rings. The quantitative estimate of drug-likeness (QED) is 0.317. The van der Waals surface area contributed by atoms with Crippen LogP contribution in [-0.4, -0.2) is 28.0 Å². The maximum absolute atomic E-state index is 12.0. The van der Waals surface area contributed by atoms with Crippen molar-refractivity contribution in [3.05, 3.63) is 69.4 Å². The number of amides is 2. The molecule has 1 N–H and O–H groups in total. The van der Waals surface area contributed by atoms with Gasteiger partial charge in [-0.3, -0.25) is 14.9 Å². The number of rotatable bonds is 7. The van der Waals surface area contributed by atoms with Gasteiger partial charge in [0.05, 0.1) is 17.6 Å². The predicted molar refractivity (Wildman–Crippen MR) is 141 cm³/mol. The Bertz CT molecular complexity index is 1430. The molecular weight excluding hydrogens is 480 g/mol. The van der Waals surface area contributed by atoms with Crippen LogP contribution >= 0.6 is 23.1 Å². The lowest BCUT2D eigenvalue weighted by molar-refractivity contribution is -0.118. The molecule has 0 radical (unpaired) electrons. The van der Waals surface area contributed by atoms with Crippen LogP contribution in [0, 0.1) is 27.7 Å². The zero-order valence-electron chi connectivity index (χ0n) is 20.1. The largest absolute Gasteiger partial charge is 0.493 e. The standard InChI is InChI=1S/C27H26N2O4S2/c1-14-11-19(12-15(2)16(14)3)26-28-21(17(4)33-26)7-9-32-22-6-5-18(24-20(22)8-10-34-24)13-23-25(30)29-27(31)35-23/h5-6,8,10-12,23H,7,9,13H2,1-4H3,(H,29,30,31). The smallest absolute Gasteiger partial charge is 0.286 e. The molecule has 180 valence electrons. The monoisotopic (exact) mass is 506 g/mol. The highest BCUT2D eigenvalue weighted by molar-refractivity contribution is 8.15. The molecule has 3 heterocycles. The minimum Gasteiger partial charge on any atom is -0.493 e. The lowest BCUT2D eigenvalue weighted by Crippen LogP contribution is -2.25. The molecule has 2 aromatic heterocycles. The molecule has 1 atom stereocenters. The number of ether oxygens (including phenoxy) is 1. The first-order valence-electron chi connectivity index (χ1n) is 11.5. The first-order valence-corrected chi connectivity index (χ1v) is 13.2. The summed E-state index contributed by atoms with van der Waals surface area (Å²) in [7, 11) is 0. The lowest BCUT2D eigenvalue weighted by Gasteiger charge is -2.11. The third-order valence-corrected chi connectivity index (χ3v) is 8.46. The number of oxazole rings is 1. The summed E-state index contributed by atoms with van der Waals surface area (Å²) < 4.78 is 13.2. The summed E-state index contributed by atoms with van der Waals surface area (Å²) >= 11 is 2.67. The van der Waals surface area contributed by atoms with Crippen molar-refractivity contribution in [2.45, 2.75) is 45.8 Å². The van der Waals surface area contributed by atoms with E-state index in [9.17, 15) is 9.59 Å². The van der Waals surface area contributed by atoms with Crippen molar-refractivity contribution in [3.8, 4) is 17.2 Å². The number of nitrogens with one attached hydrogen (secondary N) is 1. The SMILES string of the molecule is Cc1cc(-c2nc(CCOc3ccc(CC4SC(=O)NC4=O)c4sccc34)c(C)o2)cc(C)c1C. The Morgan fingerprint density at radius 3 is 2.57 bits per heavy atom. The van der Waals surface area contributed by atoms with E-state index in [1.54, 1.807) is 11.3 Å². The van der Waals surface area contributed by atoms with Crippen LogP contribution in [0.25, 0.3) is 21.5 Å². The number of benzene rings is 2. The van der Waals surface area contributed by atoms with Crippen LogP contribution < -0.4 is 10.1 Å².